The zero-order valence-electron chi connectivity index (χ0n) is 16.7. The average Bonchev–Trinajstić information content (AvgIpc) is 3.12. The highest BCUT2D eigenvalue weighted by Crippen LogP contribution is 2.32. The average molecular weight is 400 g/mol. The van der Waals surface area contributed by atoms with Gasteiger partial charge in [-0.1, -0.05) is 19.3 Å². The fourth-order valence-corrected chi connectivity index (χ4v) is 3.55. The van der Waals surface area contributed by atoms with Crippen molar-refractivity contribution in [3.63, 3.8) is 0 Å². The van der Waals surface area contributed by atoms with Crippen LogP contribution in [0, 0.1) is 11.6 Å². The Balaban J connectivity index is 0.000000188. The molecule has 0 saturated heterocycles. The molecule has 7 heteroatoms. The van der Waals surface area contributed by atoms with E-state index in [0.29, 0.717) is 12.0 Å². The number of rotatable bonds is 3. The minimum atomic E-state index is -0.933. The van der Waals surface area contributed by atoms with Gasteiger partial charge in [0.15, 0.2) is 0 Å². The van der Waals surface area contributed by atoms with Gasteiger partial charge >= 0.3 is 0 Å². The number of carbonyl (C=O) groups is 1. The third kappa shape index (κ3) is 5.10. The Labute approximate surface area is 168 Å². The molecule has 0 atom stereocenters. The summed E-state index contributed by atoms with van der Waals surface area (Å²) in [5.41, 5.74) is 7.95. The Hall–Kier alpha value is -2.96. The number of hydrogen-bond acceptors (Lipinski definition) is 3. The molecule has 0 aliphatic heterocycles. The van der Waals surface area contributed by atoms with Crippen LogP contribution in [0.1, 0.15) is 54.2 Å². The van der Waals surface area contributed by atoms with Gasteiger partial charge in [0.2, 0.25) is 0 Å². The molecule has 5 nitrogen and oxygen atoms in total. The molecular formula is C22H26F2N4O. The molecule has 1 saturated carbocycles. The van der Waals surface area contributed by atoms with Gasteiger partial charge in [-0.25, -0.2) is 13.8 Å². The number of aromatic amines is 1. The Morgan fingerprint density at radius 1 is 1.10 bits per heavy atom. The van der Waals surface area contributed by atoms with Crippen LogP contribution in [0.4, 0.5) is 14.5 Å². The van der Waals surface area contributed by atoms with E-state index < -0.39 is 17.5 Å². The van der Waals surface area contributed by atoms with E-state index >= 15 is 0 Å². The van der Waals surface area contributed by atoms with Gasteiger partial charge in [-0.3, -0.25) is 4.79 Å². The molecule has 0 unspecified atom stereocenters. The highest BCUT2D eigenvalue weighted by atomic mass is 19.1. The van der Waals surface area contributed by atoms with Crippen molar-refractivity contribution in [3.05, 3.63) is 59.4 Å². The minimum absolute atomic E-state index is 0.300. The number of anilines is 1. The van der Waals surface area contributed by atoms with Crippen molar-refractivity contribution in [2.75, 3.05) is 19.0 Å². The van der Waals surface area contributed by atoms with Gasteiger partial charge in [-0.2, -0.15) is 0 Å². The Morgan fingerprint density at radius 2 is 1.83 bits per heavy atom. The largest absolute Gasteiger partial charge is 0.378 e. The Morgan fingerprint density at radius 3 is 2.45 bits per heavy atom. The van der Waals surface area contributed by atoms with Crippen LogP contribution in [0.25, 0.3) is 11.0 Å². The molecule has 0 spiro atoms. The number of benzene rings is 2. The van der Waals surface area contributed by atoms with Gasteiger partial charge in [-0.15, -0.1) is 0 Å². The van der Waals surface area contributed by atoms with E-state index in [9.17, 15) is 13.6 Å². The van der Waals surface area contributed by atoms with Gasteiger partial charge in [0.25, 0.3) is 5.91 Å². The first-order chi connectivity index (χ1) is 13.8. The van der Waals surface area contributed by atoms with E-state index in [1.807, 2.05) is 0 Å². The van der Waals surface area contributed by atoms with E-state index in [4.69, 9.17) is 10.7 Å². The topological polar surface area (TPSA) is 75.0 Å². The van der Waals surface area contributed by atoms with Crippen molar-refractivity contribution in [3.8, 4) is 0 Å². The third-order valence-corrected chi connectivity index (χ3v) is 5.19. The van der Waals surface area contributed by atoms with Crippen LogP contribution in [0.2, 0.25) is 0 Å². The van der Waals surface area contributed by atoms with Crippen LogP contribution in [0.15, 0.2) is 36.4 Å². The Bertz CT molecular complexity index is 994. The normalized spacial score (nSPS) is 14.3. The molecule has 3 aromatic rings. The highest BCUT2D eigenvalue weighted by Gasteiger charge is 2.18. The summed E-state index contributed by atoms with van der Waals surface area (Å²) in [7, 11) is 4.14. The number of hydrogen-bond donors (Lipinski definition) is 2. The summed E-state index contributed by atoms with van der Waals surface area (Å²) in [6, 6.07) is 9.03. The predicted molar refractivity (Wildman–Crippen MR) is 111 cm³/mol. The van der Waals surface area contributed by atoms with Gasteiger partial charge < -0.3 is 15.6 Å². The summed E-state index contributed by atoms with van der Waals surface area (Å²) in [5, 5.41) is 0. The molecule has 1 heterocycles. The number of H-pyrrole nitrogens is 1. The van der Waals surface area contributed by atoms with Gasteiger partial charge in [0, 0.05) is 31.8 Å². The quantitative estimate of drug-likeness (QED) is 0.667. The summed E-state index contributed by atoms with van der Waals surface area (Å²) in [6.45, 7) is 0. The van der Waals surface area contributed by atoms with E-state index in [-0.39, 0.29) is 5.56 Å². The number of primary amides is 1. The smallest absolute Gasteiger partial charge is 0.251 e. The molecule has 1 aliphatic rings. The van der Waals surface area contributed by atoms with Crippen LogP contribution in [0.3, 0.4) is 0 Å². The van der Waals surface area contributed by atoms with Crippen molar-refractivity contribution in [2.45, 2.75) is 38.0 Å². The molecule has 1 aliphatic carbocycles. The first kappa shape index (κ1) is 20.8. The number of imidazole rings is 1. The molecule has 1 fully saturated rings. The lowest BCUT2D eigenvalue weighted by atomic mass is 9.89. The number of carbonyl (C=O) groups excluding carboxylic acids is 1. The fourth-order valence-electron chi connectivity index (χ4n) is 3.55. The maximum atomic E-state index is 12.6. The number of nitrogens with one attached hydrogen (secondary N) is 1. The molecule has 1 amide bonds. The summed E-state index contributed by atoms with van der Waals surface area (Å²) in [5.74, 6) is -0.720. The second-order valence-corrected chi connectivity index (χ2v) is 7.54. The zero-order chi connectivity index (χ0) is 21.0. The highest BCUT2D eigenvalue weighted by molar-refractivity contribution is 5.92. The molecule has 29 heavy (non-hydrogen) atoms. The molecule has 3 N–H and O–H groups in total. The molecule has 2 aromatic carbocycles. The summed E-state index contributed by atoms with van der Waals surface area (Å²) in [6.07, 6.45) is 6.68. The minimum Gasteiger partial charge on any atom is -0.378 e. The maximum absolute atomic E-state index is 12.6. The van der Waals surface area contributed by atoms with Gasteiger partial charge in [0.05, 0.1) is 16.6 Å². The van der Waals surface area contributed by atoms with E-state index in [1.165, 1.54) is 49.1 Å². The molecule has 0 radical (unpaired) electrons. The van der Waals surface area contributed by atoms with Crippen molar-refractivity contribution in [2.24, 2.45) is 5.73 Å². The van der Waals surface area contributed by atoms with E-state index in [1.54, 1.807) is 0 Å². The van der Waals surface area contributed by atoms with Crippen LogP contribution in [-0.4, -0.2) is 30.0 Å². The lowest BCUT2D eigenvalue weighted by molar-refractivity contribution is 0.0996. The number of nitrogens with zero attached hydrogens (tertiary/aromatic N) is 2. The number of amides is 1. The summed E-state index contributed by atoms with van der Waals surface area (Å²) < 4.78 is 24.8. The number of nitrogens with two attached hydrogens (primary N) is 1. The molecule has 1 aromatic heterocycles. The van der Waals surface area contributed by atoms with E-state index in [2.05, 4.69) is 42.2 Å². The summed E-state index contributed by atoms with van der Waals surface area (Å²) in [4.78, 5) is 20.8. The second kappa shape index (κ2) is 9.03. The standard InChI is InChI=1S/C15H21N3.C7H5F2NO/c1-18(2)12-8-9-13-14(10-12)17-15(16-13)11-6-4-3-5-7-11;8-4-1-2-5(7(10)11)6(9)3-4/h8-11H,3-7H2,1-2H3,(H,16,17);1-3H,(H2,10,11). The zero-order valence-corrected chi connectivity index (χ0v) is 16.7. The van der Waals surface area contributed by atoms with E-state index in [0.717, 1.165) is 17.6 Å². The first-order valence-corrected chi connectivity index (χ1v) is 9.77. The number of fused-ring (bicyclic) bond motifs is 1. The first-order valence-electron chi connectivity index (χ1n) is 9.77. The monoisotopic (exact) mass is 400 g/mol. The van der Waals surface area contributed by atoms with Crippen LogP contribution >= 0.6 is 0 Å². The van der Waals surface area contributed by atoms with Crippen molar-refractivity contribution >= 4 is 22.6 Å². The van der Waals surface area contributed by atoms with Crippen LogP contribution < -0.4 is 10.6 Å². The molecular weight excluding hydrogens is 374 g/mol. The lowest BCUT2D eigenvalue weighted by Crippen LogP contribution is -2.12. The SMILES string of the molecule is CN(C)c1ccc2nc(C3CCCCC3)[nH]c2c1.NC(=O)c1ccc(F)cc1F. The van der Waals surface area contributed by atoms with Gasteiger partial charge in [0.1, 0.15) is 17.5 Å². The van der Waals surface area contributed by atoms with Crippen LogP contribution in [-0.2, 0) is 0 Å². The number of aromatic nitrogens is 2. The second-order valence-electron chi connectivity index (χ2n) is 7.54. The number of halogens is 2. The van der Waals surface area contributed by atoms with Crippen molar-refractivity contribution in [1.82, 2.24) is 9.97 Å². The summed E-state index contributed by atoms with van der Waals surface area (Å²) >= 11 is 0. The Kier molecular flexibility index (Phi) is 6.46. The molecule has 0 bridgehead atoms. The predicted octanol–water partition coefficient (Wildman–Crippen LogP) is 4.74. The lowest BCUT2D eigenvalue weighted by Gasteiger charge is -2.18. The fraction of sp³-hybridized carbons (Fsp3) is 0.364. The molecule has 4 rings (SSSR count). The maximum Gasteiger partial charge on any atom is 0.251 e. The van der Waals surface area contributed by atoms with Crippen molar-refractivity contribution < 1.29 is 13.6 Å². The van der Waals surface area contributed by atoms with Crippen LogP contribution in [0.5, 0.6) is 0 Å². The van der Waals surface area contributed by atoms with Gasteiger partial charge in [-0.05, 0) is 43.2 Å². The molecule has 154 valence electrons. The third-order valence-electron chi connectivity index (χ3n) is 5.19. The van der Waals surface area contributed by atoms with Crippen molar-refractivity contribution in [1.29, 1.82) is 0 Å².